The predicted molar refractivity (Wildman–Crippen MR) is 87.2 cm³/mol. The van der Waals surface area contributed by atoms with Gasteiger partial charge in [0.05, 0.1) is 5.69 Å². The highest BCUT2D eigenvalue weighted by Gasteiger charge is 2.11. The van der Waals surface area contributed by atoms with Crippen molar-refractivity contribution in [2.24, 2.45) is 0 Å². The molecule has 0 unspecified atom stereocenters. The van der Waals surface area contributed by atoms with Crippen molar-refractivity contribution in [3.8, 4) is 5.69 Å². The van der Waals surface area contributed by atoms with Crippen molar-refractivity contribution in [3.05, 3.63) is 68.8 Å². The van der Waals surface area contributed by atoms with E-state index in [1.54, 1.807) is 24.3 Å². The second-order valence-electron chi connectivity index (χ2n) is 4.52. The molecule has 0 saturated carbocycles. The highest BCUT2D eigenvalue weighted by Crippen LogP contribution is 2.21. The fraction of sp³-hybridized carbons (Fsp3) is 0.0667. The van der Waals surface area contributed by atoms with Gasteiger partial charge in [0.1, 0.15) is 0 Å². The van der Waals surface area contributed by atoms with Crippen molar-refractivity contribution in [1.82, 2.24) is 8.94 Å². The molecule has 0 aliphatic rings. The second kappa shape index (κ2) is 5.71. The molecule has 0 bridgehead atoms. The second-order valence-corrected chi connectivity index (χ2v) is 5.67. The zero-order chi connectivity index (χ0) is 14.8. The largest absolute Gasteiger partial charge is 0.332 e. The molecule has 3 aromatic rings. The number of para-hydroxylation sites is 1. The quantitative estimate of drug-likeness (QED) is 0.794. The molecule has 0 radical (unpaired) electrons. The first-order valence-electron chi connectivity index (χ1n) is 6.32. The maximum atomic E-state index is 12.0. The smallest absolute Gasteiger partial charge is 0.324 e. The Morgan fingerprint density at radius 1 is 1.14 bits per heavy atom. The number of aryl methyl sites for hydroxylation is 1. The van der Waals surface area contributed by atoms with Crippen LogP contribution in [0.1, 0.15) is 5.56 Å². The Hall–Kier alpha value is -2.11. The average Bonchev–Trinajstić information content (AvgIpc) is 2.83. The Morgan fingerprint density at radius 2 is 1.86 bits per heavy atom. The minimum atomic E-state index is -0.145. The summed E-state index contributed by atoms with van der Waals surface area (Å²) in [5, 5.41) is 3.83. The van der Waals surface area contributed by atoms with E-state index in [0.29, 0.717) is 11.0 Å². The molecule has 2 aromatic carbocycles. The van der Waals surface area contributed by atoms with Gasteiger partial charge in [-0.1, -0.05) is 29.8 Å². The molecule has 6 heteroatoms. The van der Waals surface area contributed by atoms with Crippen LogP contribution in [0.3, 0.4) is 0 Å². The SMILES string of the molecule is Cc1ccccc1Nc1nsc(=O)n1-c1ccc(Cl)cc1. The Kier molecular flexibility index (Phi) is 3.77. The molecule has 1 N–H and O–H groups in total. The average molecular weight is 318 g/mol. The molecule has 1 heterocycles. The highest BCUT2D eigenvalue weighted by molar-refractivity contribution is 7.03. The van der Waals surface area contributed by atoms with Crippen molar-refractivity contribution in [2.45, 2.75) is 6.92 Å². The molecule has 3 rings (SSSR count). The zero-order valence-corrected chi connectivity index (χ0v) is 12.8. The summed E-state index contributed by atoms with van der Waals surface area (Å²) in [4.78, 5) is 11.9. The van der Waals surface area contributed by atoms with Crippen molar-refractivity contribution in [3.63, 3.8) is 0 Å². The van der Waals surface area contributed by atoms with Gasteiger partial charge in [0.2, 0.25) is 5.95 Å². The van der Waals surface area contributed by atoms with E-state index in [9.17, 15) is 4.79 Å². The minimum absolute atomic E-state index is 0.145. The molecule has 0 aliphatic carbocycles. The third-order valence-electron chi connectivity index (χ3n) is 3.08. The van der Waals surface area contributed by atoms with Gasteiger partial charge in [-0.15, -0.1) is 0 Å². The first kappa shape index (κ1) is 13.9. The number of nitrogens with one attached hydrogen (secondary N) is 1. The monoisotopic (exact) mass is 317 g/mol. The lowest BCUT2D eigenvalue weighted by Gasteiger charge is -2.10. The van der Waals surface area contributed by atoms with E-state index < -0.39 is 0 Å². The Morgan fingerprint density at radius 3 is 2.57 bits per heavy atom. The van der Waals surface area contributed by atoms with Crippen LogP contribution in [0.4, 0.5) is 11.6 Å². The third-order valence-corrected chi connectivity index (χ3v) is 3.94. The van der Waals surface area contributed by atoms with Crippen molar-refractivity contribution in [1.29, 1.82) is 0 Å². The summed E-state index contributed by atoms with van der Waals surface area (Å²) in [6, 6.07) is 14.9. The zero-order valence-electron chi connectivity index (χ0n) is 11.2. The van der Waals surface area contributed by atoms with Crippen molar-refractivity contribution < 1.29 is 0 Å². The Bertz CT molecular complexity index is 823. The number of anilines is 2. The van der Waals surface area contributed by atoms with E-state index in [-0.39, 0.29) is 4.87 Å². The summed E-state index contributed by atoms with van der Waals surface area (Å²) < 4.78 is 5.73. The summed E-state index contributed by atoms with van der Waals surface area (Å²) in [5.41, 5.74) is 2.74. The van der Waals surface area contributed by atoms with E-state index in [0.717, 1.165) is 28.5 Å². The van der Waals surface area contributed by atoms with Gasteiger partial charge in [-0.2, -0.15) is 4.37 Å². The molecule has 0 amide bonds. The topological polar surface area (TPSA) is 46.9 Å². The number of halogens is 1. The number of hydrogen-bond acceptors (Lipinski definition) is 4. The number of aromatic nitrogens is 2. The van der Waals surface area contributed by atoms with Gasteiger partial charge in [-0.05, 0) is 42.8 Å². The van der Waals surface area contributed by atoms with Crippen LogP contribution in [0.5, 0.6) is 0 Å². The molecule has 21 heavy (non-hydrogen) atoms. The van der Waals surface area contributed by atoms with Crippen LogP contribution in [0.15, 0.2) is 53.3 Å². The normalized spacial score (nSPS) is 10.6. The Labute approximate surface area is 130 Å². The van der Waals surface area contributed by atoms with Crippen LogP contribution in [0.2, 0.25) is 5.02 Å². The third kappa shape index (κ3) is 2.84. The number of nitrogens with zero attached hydrogens (tertiary/aromatic N) is 2. The molecule has 0 spiro atoms. The fourth-order valence-electron chi connectivity index (χ4n) is 1.98. The lowest BCUT2D eigenvalue weighted by Crippen LogP contribution is -2.13. The van der Waals surface area contributed by atoms with Crippen LogP contribution in [0, 0.1) is 6.92 Å². The first-order chi connectivity index (χ1) is 10.1. The number of benzene rings is 2. The van der Waals surface area contributed by atoms with Crippen LogP contribution < -0.4 is 10.2 Å². The van der Waals surface area contributed by atoms with E-state index >= 15 is 0 Å². The van der Waals surface area contributed by atoms with Crippen molar-refractivity contribution >= 4 is 34.8 Å². The first-order valence-corrected chi connectivity index (χ1v) is 7.47. The fourth-order valence-corrected chi connectivity index (χ4v) is 2.67. The minimum Gasteiger partial charge on any atom is -0.324 e. The molecule has 0 saturated heterocycles. The van der Waals surface area contributed by atoms with E-state index in [4.69, 9.17) is 11.6 Å². The summed E-state index contributed by atoms with van der Waals surface area (Å²) in [7, 11) is 0. The maximum absolute atomic E-state index is 12.0. The van der Waals surface area contributed by atoms with Gasteiger partial charge in [0, 0.05) is 22.2 Å². The molecule has 106 valence electrons. The summed E-state index contributed by atoms with van der Waals surface area (Å²) in [5.74, 6) is 0.502. The summed E-state index contributed by atoms with van der Waals surface area (Å²) >= 11 is 6.80. The highest BCUT2D eigenvalue weighted by atomic mass is 35.5. The van der Waals surface area contributed by atoms with Crippen LogP contribution in [-0.4, -0.2) is 8.94 Å². The van der Waals surface area contributed by atoms with Crippen LogP contribution in [-0.2, 0) is 0 Å². The molecule has 1 aromatic heterocycles. The van der Waals surface area contributed by atoms with E-state index in [2.05, 4.69) is 9.69 Å². The van der Waals surface area contributed by atoms with Gasteiger partial charge in [-0.25, -0.2) is 4.57 Å². The van der Waals surface area contributed by atoms with Gasteiger partial charge >= 0.3 is 4.87 Å². The van der Waals surface area contributed by atoms with Gasteiger partial charge in [0.15, 0.2) is 0 Å². The maximum Gasteiger partial charge on any atom is 0.332 e. The Balaban J connectivity index is 2.03. The molecule has 0 fully saturated rings. The molecular weight excluding hydrogens is 306 g/mol. The summed E-state index contributed by atoms with van der Waals surface area (Å²) in [6.45, 7) is 2.00. The van der Waals surface area contributed by atoms with Gasteiger partial charge in [-0.3, -0.25) is 4.79 Å². The molecule has 0 aliphatic heterocycles. The molecule has 0 atom stereocenters. The lowest BCUT2D eigenvalue weighted by atomic mass is 10.2. The number of hydrogen-bond donors (Lipinski definition) is 1. The molecule has 4 nitrogen and oxygen atoms in total. The number of rotatable bonds is 3. The van der Waals surface area contributed by atoms with Crippen LogP contribution >= 0.6 is 23.1 Å². The van der Waals surface area contributed by atoms with Gasteiger partial charge in [0.25, 0.3) is 0 Å². The van der Waals surface area contributed by atoms with Crippen LogP contribution in [0.25, 0.3) is 5.69 Å². The van der Waals surface area contributed by atoms with E-state index in [1.165, 1.54) is 4.57 Å². The molecular formula is C15H12ClN3OS. The van der Waals surface area contributed by atoms with Gasteiger partial charge < -0.3 is 5.32 Å². The summed E-state index contributed by atoms with van der Waals surface area (Å²) in [6.07, 6.45) is 0. The lowest BCUT2D eigenvalue weighted by molar-refractivity contribution is 1.02. The van der Waals surface area contributed by atoms with Crippen molar-refractivity contribution in [2.75, 3.05) is 5.32 Å². The standard InChI is InChI=1S/C15H12ClN3OS/c1-10-4-2-3-5-13(10)17-14-18-21-15(20)19(14)12-8-6-11(16)7-9-12/h2-9H,1H3,(H,17,18). The van der Waals surface area contributed by atoms with E-state index in [1.807, 2.05) is 31.2 Å². The predicted octanol–water partition coefficient (Wildman–Crippen LogP) is 4.00.